The Kier molecular flexibility index (Phi) is 10.8. The molecule has 1 aromatic rings. The van der Waals surface area contributed by atoms with Crippen LogP contribution in [-0.2, 0) is 18.9 Å². The average molecular weight is 476 g/mol. The molecule has 0 aliphatic carbocycles. The fourth-order valence-corrected chi connectivity index (χ4v) is 3.68. The van der Waals surface area contributed by atoms with Crippen molar-refractivity contribution in [3.63, 3.8) is 0 Å². The zero-order valence-electron chi connectivity index (χ0n) is 21.1. The van der Waals surface area contributed by atoms with E-state index in [9.17, 15) is 9.59 Å². The van der Waals surface area contributed by atoms with Gasteiger partial charge in [-0.1, -0.05) is 45.7 Å². The number of nitrogens with one attached hydrogen (secondary N) is 1. The molecule has 0 fully saturated rings. The molecule has 188 valence electrons. The largest absolute Gasteiger partial charge is 0.513 e. The first-order chi connectivity index (χ1) is 16.3. The van der Waals surface area contributed by atoms with E-state index in [1.54, 1.807) is 21.0 Å². The zero-order valence-corrected chi connectivity index (χ0v) is 21.1. The number of ether oxygens (including phenoxy) is 5. The van der Waals surface area contributed by atoms with Crippen LogP contribution in [0.2, 0.25) is 0 Å². The fourth-order valence-electron chi connectivity index (χ4n) is 3.68. The van der Waals surface area contributed by atoms with Gasteiger partial charge in [-0.05, 0) is 50.3 Å². The molecule has 0 amide bonds. The number of carbonyl (C=O) groups excluding carboxylic acids is 2. The quantitative estimate of drug-likeness (QED) is 0.291. The van der Waals surface area contributed by atoms with Gasteiger partial charge in [0.2, 0.25) is 0 Å². The van der Waals surface area contributed by atoms with Crippen LogP contribution in [0.4, 0.5) is 9.59 Å². The molecule has 2 rings (SSSR count). The normalized spacial score (nSPS) is 14.9. The Morgan fingerprint density at radius 1 is 0.941 bits per heavy atom. The van der Waals surface area contributed by atoms with Crippen LogP contribution < -0.4 is 10.1 Å². The molecule has 1 aliphatic rings. The third kappa shape index (κ3) is 7.43. The second-order valence-corrected chi connectivity index (χ2v) is 8.25. The highest BCUT2D eigenvalue weighted by Gasteiger charge is 2.38. The van der Waals surface area contributed by atoms with Crippen LogP contribution in [0.1, 0.15) is 71.8 Å². The lowest BCUT2D eigenvalue weighted by Gasteiger charge is -2.33. The van der Waals surface area contributed by atoms with Crippen LogP contribution in [0.5, 0.6) is 5.75 Å². The highest BCUT2D eigenvalue weighted by atomic mass is 16.7. The zero-order chi connectivity index (χ0) is 25.1. The standard InChI is InChI=1S/C26H37NO7/c1-7-9-14-31-25(28)33-23-18(4)27-19(5)24(34-26(29)32-15-10-8-2)22(23)17(3)20-12-11-13-21(16-20)30-6/h11-13,16-17,22,27H,7-10,14-15H2,1-6H3. The van der Waals surface area contributed by atoms with Gasteiger partial charge in [-0.3, -0.25) is 0 Å². The molecule has 8 nitrogen and oxygen atoms in total. The number of dihydropyridines is 1. The Bertz CT molecular complexity index is 860. The molecule has 1 atom stereocenters. The van der Waals surface area contributed by atoms with Crippen molar-refractivity contribution in [1.82, 2.24) is 5.32 Å². The smallest absolute Gasteiger partial charge is 0.497 e. The van der Waals surface area contributed by atoms with Crippen molar-refractivity contribution < 1.29 is 33.3 Å². The summed E-state index contributed by atoms with van der Waals surface area (Å²) in [5.41, 5.74) is 2.19. The maximum absolute atomic E-state index is 12.4. The fraction of sp³-hybridized carbons (Fsp3) is 0.538. The predicted octanol–water partition coefficient (Wildman–Crippen LogP) is 6.39. The molecule has 0 spiro atoms. The lowest BCUT2D eigenvalue weighted by atomic mass is 9.82. The Labute approximate surface area is 202 Å². The summed E-state index contributed by atoms with van der Waals surface area (Å²) in [5, 5.41) is 3.15. The first-order valence-corrected chi connectivity index (χ1v) is 11.8. The van der Waals surface area contributed by atoms with Crippen LogP contribution in [0.3, 0.4) is 0 Å². The number of carbonyl (C=O) groups is 2. The SMILES string of the molecule is CCCCOC(=O)OC1=C(C)NC(C)=C(OC(=O)OCCCC)C1C(C)c1cccc(OC)c1. The second-order valence-electron chi connectivity index (χ2n) is 8.25. The van der Waals surface area contributed by atoms with Crippen molar-refractivity contribution in [1.29, 1.82) is 0 Å². The summed E-state index contributed by atoms with van der Waals surface area (Å²) >= 11 is 0. The van der Waals surface area contributed by atoms with E-state index in [0.717, 1.165) is 31.2 Å². The van der Waals surface area contributed by atoms with Crippen molar-refractivity contribution >= 4 is 12.3 Å². The van der Waals surface area contributed by atoms with E-state index in [0.29, 0.717) is 28.7 Å². The van der Waals surface area contributed by atoms with E-state index in [2.05, 4.69) is 5.32 Å². The van der Waals surface area contributed by atoms with Gasteiger partial charge in [0, 0.05) is 0 Å². The molecule has 0 bridgehead atoms. The molecule has 0 saturated heterocycles. The molecule has 8 heteroatoms. The number of allylic oxidation sites excluding steroid dienone is 2. The molecule has 0 radical (unpaired) electrons. The summed E-state index contributed by atoms with van der Waals surface area (Å²) in [6, 6.07) is 7.60. The van der Waals surface area contributed by atoms with Gasteiger partial charge in [0.05, 0.1) is 37.6 Å². The van der Waals surface area contributed by atoms with E-state index in [1.807, 2.05) is 45.0 Å². The van der Waals surface area contributed by atoms with Crippen LogP contribution in [0.15, 0.2) is 47.2 Å². The molecule has 1 N–H and O–H groups in total. The summed E-state index contributed by atoms with van der Waals surface area (Å²) < 4.78 is 27.2. The number of benzene rings is 1. The van der Waals surface area contributed by atoms with Gasteiger partial charge in [0.25, 0.3) is 0 Å². The van der Waals surface area contributed by atoms with Gasteiger partial charge in [0.15, 0.2) is 0 Å². The average Bonchev–Trinajstić information content (AvgIpc) is 2.82. The minimum Gasteiger partial charge on any atom is -0.497 e. The van der Waals surface area contributed by atoms with Crippen LogP contribution in [-0.4, -0.2) is 32.6 Å². The second kappa shape index (κ2) is 13.5. The number of hydrogen-bond donors (Lipinski definition) is 1. The van der Waals surface area contributed by atoms with Crippen LogP contribution in [0.25, 0.3) is 0 Å². The molecule has 0 aromatic heterocycles. The molecule has 1 aliphatic heterocycles. The monoisotopic (exact) mass is 475 g/mol. The maximum atomic E-state index is 12.4. The highest BCUT2D eigenvalue weighted by Crippen LogP contribution is 2.42. The minimum atomic E-state index is -0.795. The Balaban J connectivity index is 2.39. The van der Waals surface area contributed by atoms with Crippen LogP contribution in [0, 0.1) is 5.92 Å². The molecule has 1 heterocycles. The Morgan fingerprint density at radius 2 is 1.47 bits per heavy atom. The van der Waals surface area contributed by atoms with Gasteiger partial charge < -0.3 is 29.0 Å². The summed E-state index contributed by atoms with van der Waals surface area (Å²) in [7, 11) is 1.60. The predicted molar refractivity (Wildman–Crippen MR) is 128 cm³/mol. The van der Waals surface area contributed by atoms with Gasteiger partial charge in [-0.25, -0.2) is 9.59 Å². The molecule has 0 saturated carbocycles. The van der Waals surface area contributed by atoms with E-state index in [1.165, 1.54) is 0 Å². The molecule has 1 aromatic carbocycles. The van der Waals surface area contributed by atoms with Crippen molar-refractivity contribution in [2.24, 2.45) is 5.92 Å². The number of rotatable bonds is 11. The van der Waals surface area contributed by atoms with Crippen molar-refractivity contribution in [3.8, 4) is 5.75 Å². The summed E-state index contributed by atoms with van der Waals surface area (Å²) in [6.07, 6.45) is 1.68. The van der Waals surface area contributed by atoms with E-state index in [-0.39, 0.29) is 19.1 Å². The summed E-state index contributed by atoms with van der Waals surface area (Å²) in [6.45, 7) is 10.1. The van der Waals surface area contributed by atoms with Gasteiger partial charge in [-0.15, -0.1) is 0 Å². The lowest BCUT2D eigenvalue weighted by molar-refractivity contribution is 0.0515. The molecular formula is C26H37NO7. The highest BCUT2D eigenvalue weighted by molar-refractivity contribution is 5.64. The topological polar surface area (TPSA) is 92.3 Å². The van der Waals surface area contributed by atoms with Crippen molar-refractivity contribution in [2.45, 2.75) is 66.2 Å². The minimum absolute atomic E-state index is 0.237. The summed E-state index contributed by atoms with van der Waals surface area (Å²) in [4.78, 5) is 24.9. The third-order valence-corrected chi connectivity index (χ3v) is 5.62. The molecule has 1 unspecified atom stereocenters. The van der Waals surface area contributed by atoms with E-state index >= 15 is 0 Å². The number of hydrogen-bond acceptors (Lipinski definition) is 8. The van der Waals surface area contributed by atoms with Crippen LogP contribution >= 0.6 is 0 Å². The van der Waals surface area contributed by atoms with Crippen molar-refractivity contribution in [3.05, 3.63) is 52.7 Å². The molecule has 34 heavy (non-hydrogen) atoms. The van der Waals surface area contributed by atoms with E-state index < -0.39 is 18.2 Å². The van der Waals surface area contributed by atoms with Gasteiger partial charge in [0.1, 0.15) is 17.3 Å². The van der Waals surface area contributed by atoms with Gasteiger partial charge in [-0.2, -0.15) is 0 Å². The van der Waals surface area contributed by atoms with E-state index in [4.69, 9.17) is 23.7 Å². The first-order valence-electron chi connectivity index (χ1n) is 11.8. The van der Waals surface area contributed by atoms with Gasteiger partial charge >= 0.3 is 12.3 Å². The number of unbranched alkanes of at least 4 members (excludes halogenated alkanes) is 2. The summed E-state index contributed by atoms with van der Waals surface area (Å²) in [5.74, 6) is 0.546. The Hall–Kier alpha value is -3.16. The molecular weight excluding hydrogens is 438 g/mol. The third-order valence-electron chi connectivity index (χ3n) is 5.62. The Morgan fingerprint density at radius 3 is 1.94 bits per heavy atom. The maximum Gasteiger partial charge on any atom is 0.513 e. The lowest BCUT2D eigenvalue weighted by Crippen LogP contribution is -2.33. The van der Waals surface area contributed by atoms with Crippen molar-refractivity contribution in [2.75, 3.05) is 20.3 Å². The number of methoxy groups -OCH3 is 1. The first kappa shape index (κ1) is 27.1.